The summed E-state index contributed by atoms with van der Waals surface area (Å²) >= 11 is 0. The van der Waals surface area contributed by atoms with Gasteiger partial charge in [-0.1, -0.05) is 43.3 Å². The lowest BCUT2D eigenvalue weighted by molar-refractivity contribution is 0.0942. The lowest BCUT2D eigenvalue weighted by atomic mass is 9.96. The molecule has 0 aromatic heterocycles. The summed E-state index contributed by atoms with van der Waals surface area (Å²) < 4.78 is 30.0. The fraction of sp³-hybridized carbons (Fsp3) is 0.240. The van der Waals surface area contributed by atoms with Crippen molar-refractivity contribution in [3.63, 3.8) is 0 Å². The Bertz CT molecular complexity index is 1020. The Balaban J connectivity index is 2.00. The van der Waals surface area contributed by atoms with Gasteiger partial charge in [-0.2, -0.15) is 0 Å². The predicted molar refractivity (Wildman–Crippen MR) is 118 cm³/mol. The zero-order valence-electron chi connectivity index (χ0n) is 18.1. The number of hydrogen-bond acceptors (Lipinski definition) is 4. The van der Waals surface area contributed by atoms with Gasteiger partial charge < -0.3 is 19.5 Å². The summed E-state index contributed by atoms with van der Waals surface area (Å²) in [5, 5.41) is 3.01. The van der Waals surface area contributed by atoms with Crippen molar-refractivity contribution in [1.82, 2.24) is 5.32 Å². The van der Waals surface area contributed by atoms with E-state index in [1.165, 1.54) is 39.0 Å². The maximum Gasteiger partial charge on any atom is 0.252 e. The number of carbonyl (C=O) groups excluding carboxylic acids is 1. The number of carbonyl (C=O) groups is 1. The molecule has 5 nitrogen and oxygen atoms in total. The van der Waals surface area contributed by atoms with Crippen LogP contribution in [0.25, 0.3) is 0 Å². The van der Waals surface area contributed by atoms with Gasteiger partial charge in [-0.3, -0.25) is 4.79 Å². The highest BCUT2D eigenvalue weighted by atomic mass is 19.1. The topological polar surface area (TPSA) is 56.8 Å². The number of hydrogen-bond donors (Lipinski definition) is 1. The maximum absolute atomic E-state index is 13.9. The third-order valence-electron chi connectivity index (χ3n) is 5.11. The van der Waals surface area contributed by atoms with Crippen molar-refractivity contribution in [3.8, 4) is 17.2 Å². The Morgan fingerprint density at radius 3 is 2.06 bits per heavy atom. The molecule has 0 saturated carbocycles. The summed E-state index contributed by atoms with van der Waals surface area (Å²) in [4.78, 5) is 13.2. The van der Waals surface area contributed by atoms with E-state index in [1.54, 1.807) is 24.3 Å². The fourth-order valence-corrected chi connectivity index (χ4v) is 3.42. The molecule has 6 heteroatoms. The number of halogens is 1. The standard InChI is InChI=1S/C25H26FNO4/c1-5-16-9-11-17(12-10-16)23(18-7-6-8-20(26)13-18)27-25(28)19-14-21(29-2)24(31-4)22(15-19)30-3/h6-15,23H,5H2,1-4H3,(H,27,28)/t23-/m1/s1. The van der Waals surface area contributed by atoms with Gasteiger partial charge in [0.1, 0.15) is 5.82 Å². The first-order valence-electron chi connectivity index (χ1n) is 9.95. The average Bonchev–Trinajstić information content (AvgIpc) is 2.81. The Labute approximate surface area is 181 Å². The van der Waals surface area contributed by atoms with Crippen LogP contribution in [0.5, 0.6) is 17.2 Å². The molecule has 1 amide bonds. The highest BCUT2D eigenvalue weighted by Gasteiger charge is 2.22. The molecular weight excluding hydrogens is 397 g/mol. The molecule has 0 fully saturated rings. The van der Waals surface area contributed by atoms with Gasteiger partial charge >= 0.3 is 0 Å². The molecule has 3 aromatic rings. The summed E-state index contributed by atoms with van der Waals surface area (Å²) in [6, 6.07) is 16.8. The average molecular weight is 423 g/mol. The van der Waals surface area contributed by atoms with Gasteiger partial charge in [0.25, 0.3) is 5.91 Å². The van der Waals surface area contributed by atoms with E-state index in [0.717, 1.165) is 12.0 Å². The van der Waals surface area contributed by atoms with E-state index < -0.39 is 6.04 Å². The summed E-state index contributed by atoms with van der Waals surface area (Å²) in [6.45, 7) is 2.07. The van der Waals surface area contributed by atoms with E-state index >= 15 is 0 Å². The smallest absolute Gasteiger partial charge is 0.252 e. The summed E-state index contributed by atoms with van der Waals surface area (Å²) in [5.41, 5.74) is 3.01. The Kier molecular flexibility index (Phi) is 7.13. The van der Waals surface area contributed by atoms with Crippen molar-refractivity contribution >= 4 is 5.91 Å². The van der Waals surface area contributed by atoms with Crippen LogP contribution in [-0.4, -0.2) is 27.2 Å². The number of rotatable bonds is 8. The Morgan fingerprint density at radius 2 is 1.55 bits per heavy atom. The second kappa shape index (κ2) is 9.98. The second-order valence-electron chi connectivity index (χ2n) is 6.97. The molecule has 0 radical (unpaired) electrons. The van der Waals surface area contributed by atoms with Crippen LogP contribution in [0.1, 0.15) is 40.0 Å². The molecule has 0 saturated heterocycles. The van der Waals surface area contributed by atoms with E-state index in [0.29, 0.717) is 28.4 Å². The molecule has 0 aliphatic carbocycles. The zero-order valence-corrected chi connectivity index (χ0v) is 18.1. The van der Waals surface area contributed by atoms with Gasteiger partial charge in [0.15, 0.2) is 11.5 Å². The molecule has 31 heavy (non-hydrogen) atoms. The third-order valence-corrected chi connectivity index (χ3v) is 5.11. The number of benzene rings is 3. The van der Waals surface area contributed by atoms with E-state index in [-0.39, 0.29) is 11.7 Å². The van der Waals surface area contributed by atoms with Crippen LogP contribution >= 0.6 is 0 Å². The largest absolute Gasteiger partial charge is 0.493 e. The molecule has 3 rings (SSSR count). The highest BCUT2D eigenvalue weighted by molar-refractivity contribution is 5.96. The normalized spacial score (nSPS) is 11.5. The van der Waals surface area contributed by atoms with E-state index in [1.807, 2.05) is 24.3 Å². The molecular formula is C25H26FNO4. The zero-order chi connectivity index (χ0) is 22.4. The molecule has 1 atom stereocenters. The summed E-state index contributed by atoms with van der Waals surface area (Å²) in [7, 11) is 4.48. The van der Waals surface area contributed by atoms with Crippen molar-refractivity contribution < 1.29 is 23.4 Å². The van der Waals surface area contributed by atoms with Crippen LogP contribution in [0.3, 0.4) is 0 Å². The van der Waals surface area contributed by atoms with Gasteiger partial charge in [-0.05, 0) is 47.4 Å². The van der Waals surface area contributed by atoms with Gasteiger partial charge in [-0.15, -0.1) is 0 Å². The minimum absolute atomic E-state index is 0.334. The molecule has 0 bridgehead atoms. The van der Waals surface area contributed by atoms with Crippen LogP contribution in [0.2, 0.25) is 0 Å². The lowest BCUT2D eigenvalue weighted by Gasteiger charge is -2.21. The van der Waals surface area contributed by atoms with E-state index in [9.17, 15) is 9.18 Å². The van der Waals surface area contributed by atoms with Crippen LogP contribution < -0.4 is 19.5 Å². The molecule has 162 valence electrons. The van der Waals surface area contributed by atoms with Crippen molar-refractivity contribution in [2.75, 3.05) is 21.3 Å². The quantitative estimate of drug-likeness (QED) is 0.558. The van der Waals surface area contributed by atoms with Crippen LogP contribution in [0.4, 0.5) is 4.39 Å². The van der Waals surface area contributed by atoms with Crippen molar-refractivity contribution in [2.45, 2.75) is 19.4 Å². The first-order valence-corrected chi connectivity index (χ1v) is 9.95. The van der Waals surface area contributed by atoms with Gasteiger partial charge in [0.2, 0.25) is 5.75 Å². The molecule has 1 N–H and O–H groups in total. The molecule has 0 aliphatic heterocycles. The fourth-order valence-electron chi connectivity index (χ4n) is 3.42. The lowest BCUT2D eigenvalue weighted by Crippen LogP contribution is -2.29. The Morgan fingerprint density at radius 1 is 0.903 bits per heavy atom. The van der Waals surface area contributed by atoms with Gasteiger partial charge in [0, 0.05) is 5.56 Å². The SMILES string of the molecule is CCc1ccc([C@@H](NC(=O)c2cc(OC)c(OC)c(OC)c2)c2cccc(F)c2)cc1. The second-order valence-corrected chi connectivity index (χ2v) is 6.97. The van der Waals surface area contributed by atoms with Crippen LogP contribution in [0, 0.1) is 5.82 Å². The van der Waals surface area contributed by atoms with Gasteiger partial charge in [-0.25, -0.2) is 4.39 Å². The molecule has 3 aromatic carbocycles. The minimum atomic E-state index is -0.534. The summed E-state index contributed by atoms with van der Waals surface area (Å²) in [5.74, 6) is 0.435. The number of methoxy groups -OCH3 is 3. The molecule has 0 aliphatic rings. The number of ether oxygens (including phenoxy) is 3. The highest BCUT2D eigenvalue weighted by Crippen LogP contribution is 2.38. The third kappa shape index (κ3) is 4.97. The first-order chi connectivity index (χ1) is 15.0. The van der Waals surface area contributed by atoms with E-state index in [4.69, 9.17) is 14.2 Å². The Hall–Kier alpha value is -3.54. The van der Waals surface area contributed by atoms with Crippen molar-refractivity contribution in [2.24, 2.45) is 0 Å². The van der Waals surface area contributed by atoms with Crippen LogP contribution in [-0.2, 0) is 6.42 Å². The number of aryl methyl sites for hydroxylation is 1. The first kappa shape index (κ1) is 22.2. The maximum atomic E-state index is 13.9. The molecule has 0 spiro atoms. The molecule has 0 heterocycles. The monoisotopic (exact) mass is 423 g/mol. The molecule has 0 unspecified atom stereocenters. The predicted octanol–water partition coefficient (Wildman–Crippen LogP) is 4.93. The van der Waals surface area contributed by atoms with E-state index in [2.05, 4.69) is 12.2 Å². The van der Waals surface area contributed by atoms with Crippen LogP contribution in [0.15, 0.2) is 60.7 Å². The summed E-state index contributed by atoms with van der Waals surface area (Å²) in [6.07, 6.45) is 0.905. The minimum Gasteiger partial charge on any atom is -0.493 e. The van der Waals surface area contributed by atoms with Gasteiger partial charge in [0.05, 0.1) is 27.4 Å². The number of amides is 1. The van der Waals surface area contributed by atoms with Crippen molar-refractivity contribution in [1.29, 1.82) is 0 Å². The number of nitrogens with one attached hydrogen (secondary N) is 1. The van der Waals surface area contributed by atoms with Crippen molar-refractivity contribution in [3.05, 3.63) is 88.7 Å².